The molecule has 1 aromatic carbocycles. The summed E-state index contributed by atoms with van der Waals surface area (Å²) < 4.78 is 0.705. The molecule has 0 aliphatic heterocycles. The number of benzene rings is 1. The minimum absolute atomic E-state index is 0.0825. The second-order valence-electron chi connectivity index (χ2n) is 3.19. The van der Waals surface area contributed by atoms with Gasteiger partial charge in [-0.25, -0.2) is 0 Å². The molecule has 1 radical (unpaired) electrons. The summed E-state index contributed by atoms with van der Waals surface area (Å²) in [4.78, 5) is 13.4. The Morgan fingerprint density at radius 2 is 2.20 bits per heavy atom. The van der Waals surface area contributed by atoms with Crippen LogP contribution in [0.3, 0.4) is 0 Å². The molecule has 0 bridgehead atoms. The van der Waals surface area contributed by atoms with Crippen LogP contribution in [0.5, 0.6) is 0 Å². The van der Waals surface area contributed by atoms with E-state index in [1.54, 1.807) is 0 Å². The van der Waals surface area contributed by atoms with Crippen LogP contribution in [0.25, 0.3) is 10.9 Å². The molecule has 15 heavy (non-hydrogen) atoms. The van der Waals surface area contributed by atoms with E-state index in [2.05, 4.69) is 27.8 Å². The molecule has 0 spiro atoms. The van der Waals surface area contributed by atoms with E-state index in [4.69, 9.17) is 0 Å². The zero-order valence-corrected chi connectivity index (χ0v) is 9.37. The van der Waals surface area contributed by atoms with Gasteiger partial charge in [0.15, 0.2) is 0 Å². The fraction of sp³-hybridized carbons (Fsp3) is 0.100. The summed E-state index contributed by atoms with van der Waals surface area (Å²) in [6.07, 6.45) is 0.587. The summed E-state index contributed by atoms with van der Waals surface area (Å²) in [5.74, 6) is 0. The van der Waals surface area contributed by atoms with Crippen molar-refractivity contribution in [3.05, 3.63) is 45.4 Å². The van der Waals surface area contributed by atoms with Gasteiger partial charge < -0.3 is 4.98 Å². The third-order valence-corrected chi connectivity index (χ3v) is 2.65. The first-order valence-corrected chi connectivity index (χ1v) is 5.16. The number of hydrogen-bond donors (Lipinski definition) is 1. The number of hydrogen-bond acceptors (Lipinski definition) is 2. The zero-order valence-electron chi connectivity index (χ0n) is 7.79. The van der Waals surface area contributed by atoms with Crippen LogP contribution in [-0.4, -0.2) is 9.91 Å². The van der Waals surface area contributed by atoms with Crippen LogP contribution >= 0.6 is 15.9 Å². The van der Waals surface area contributed by atoms with Gasteiger partial charge in [0.05, 0.1) is 4.92 Å². The Bertz CT molecular complexity index is 533. The van der Waals surface area contributed by atoms with Gasteiger partial charge in [-0.15, -0.1) is 0 Å². The van der Waals surface area contributed by atoms with Crippen LogP contribution in [0.2, 0.25) is 0 Å². The van der Waals surface area contributed by atoms with Crippen molar-refractivity contribution in [2.24, 2.45) is 0 Å². The van der Waals surface area contributed by atoms with Crippen LogP contribution in [0.1, 0.15) is 5.69 Å². The van der Waals surface area contributed by atoms with Gasteiger partial charge in [-0.1, -0.05) is 15.9 Å². The van der Waals surface area contributed by atoms with Crippen molar-refractivity contribution in [1.82, 2.24) is 4.98 Å². The molecule has 0 unspecified atom stereocenters. The Kier molecular flexibility index (Phi) is 2.48. The summed E-state index contributed by atoms with van der Waals surface area (Å²) in [5.41, 5.74) is 1.53. The van der Waals surface area contributed by atoms with Crippen LogP contribution in [-0.2, 0) is 6.42 Å². The Hall–Kier alpha value is -1.36. The maximum atomic E-state index is 10.8. The number of rotatable bonds is 2. The third kappa shape index (κ3) is 1.74. The third-order valence-electron chi connectivity index (χ3n) is 2.19. The second-order valence-corrected chi connectivity index (χ2v) is 4.11. The lowest BCUT2D eigenvalue weighted by Crippen LogP contribution is -1.89. The van der Waals surface area contributed by atoms with E-state index in [1.165, 1.54) is 6.07 Å². The lowest BCUT2D eigenvalue weighted by molar-refractivity contribution is -0.383. The van der Waals surface area contributed by atoms with E-state index in [0.29, 0.717) is 16.4 Å². The molecule has 1 N–H and O–H groups in total. The minimum atomic E-state index is -0.392. The topological polar surface area (TPSA) is 58.9 Å². The van der Waals surface area contributed by atoms with Crippen LogP contribution in [0.4, 0.5) is 5.69 Å². The highest BCUT2D eigenvalue weighted by molar-refractivity contribution is 9.10. The van der Waals surface area contributed by atoms with Gasteiger partial charge >= 0.3 is 0 Å². The van der Waals surface area contributed by atoms with Gasteiger partial charge in [0.25, 0.3) is 5.69 Å². The van der Waals surface area contributed by atoms with Crippen molar-refractivity contribution in [2.75, 3.05) is 0 Å². The molecule has 0 saturated carbocycles. The number of nitrogens with zero attached hydrogens (tertiary/aromatic N) is 1. The number of nitro benzene ring substituents is 1. The van der Waals surface area contributed by atoms with Crippen molar-refractivity contribution in [3.8, 4) is 0 Å². The van der Waals surface area contributed by atoms with Crippen LogP contribution in [0.15, 0.2) is 22.7 Å². The Morgan fingerprint density at radius 3 is 2.80 bits per heavy atom. The van der Waals surface area contributed by atoms with Crippen molar-refractivity contribution in [3.63, 3.8) is 0 Å². The summed E-state index contributed by atoms with van der Waals surface area (Å²) in [6, 6.07) is 5.21. The van der Waals surface area contributed by atoms with Crippen LogP contribution < -0.4 is 0 Å². The predicted molar refractivity (Wildman–Crippen MR) is 61.7 cm³/mol. The van der Waals surface area contributed by atoms with Gasteiger partial charge in [-0.3, -0.25) is 10.1 Å². The minimum Gasteiger partial charge on any atom is -0.353 e. The van der Waals surface area contributed by atoms with E-state index in [9.17, 15) is 10.1 Å². The quantitative estimate of drug-likeness (QED) is 0.671. The molecule has 0 aliphatic rings. The van der Waals surface area contributed by atoms with Gasteiger partial charge in [0, 0.05) is 21.6 Å². The van der Waals surface area contributed by atoms with Gasteiger partial charge in [0.2, 0.25) is 0 Å². The summed E-state index contributed by atoms with van der Waals surface area (Å²) in [7, 11) is 0. The van der Waals surface area contributed by atoms with Crippen molar-refractivity contribution >= 4 is 32.5 Å². The Morgan fingerprint density at radius 1 is 1.47 bits per heavy atom. The molecule has 0 atom stereocenters. The van der Waals surface area contributed by atoms with Gasteiger partial charge in [-0.2, -0.15) is 0 Å². The molecule has 0 saturated heterocycles. The highest BCUT2D eigenvalue weighted by atomic mass is 79.9. The maximum Gasteiger partial charge on any atom is 0.294 e. The van der Waals surface area contributed by atoms with Gasteiger partial charge in [0.1, 0.15) is 5.52 Å². The molecule has 0 amide bonds. The number of fused-ring (bicyclic) bond motifs is 1. The molecule has 4 nitrogen and oxygen atoms in total. The molecule has 1 heterocycles. The largest absolute Gasteiger partial charge is 0.353 e. The van der Waals surface area contributed by atoms with Crippen molar-refractivity contribution < 1.29 is 4.92 Å². The number of nitro groups is 1. The molecule has 2 aromatic rings. The summed E-state index contributed by atoms with van der Waals surface area (Å²) >= 11 is 3.25. The van der Waals surface area contributed by atoms with E-state index in [0.717, 1.165) is 11.1 Å². The average Bonchev–Trinajstić information content (AvgIpc) is 2.58. The SMILES string of the molecule is [CH2]Cc1cc2cc(Br)cc([N+](=O)[O-])c2[nH]1. The number of aromatic amines is 1. The fourth-order valence-electron chi connectivity index (χ4n) is 1.53. The number of nitrogens with one attached hydrogen (secondary N) is 1. The average molecular weight is 268 g/mol. The summed E-state index contributed by atoms with van der Waals surface area (Å²) in [5, 5.41) is 11.6. The first-order valence-electron chi connectivity index (χ1n) is 4.36. The fourth-order valence-corrected chi connectivity index (χ4v) is 1.99. The molecule has 1 aromatic heterocycles. The molecular weight excluding hydrogens is 260 g/mol. The van der Waals surface area contributed by atoms with E-state index < -0.39 is 4.92 Å². The smallest absolute Gasteiger partial charge is 0.294 e. The highest BCUT2D eigenvalue weighted by Crippen LogP contribution is 2.30. The Balaban J connectivity index is 2.77. The predicted octanol–water partition coefficient (Wildman–Crippen LogP) is 3.22. The molecule has 2 rings (SSSR count). The van der Waals surface area contributed by atoms with Gasteiger partial charge in [-0.05, 0) is 25.5 Å². The lowest BCUT2D eigenvalue weighted by atomic mass is 10.2. The van der Waals surface area contributed by atoms with Crippen LogP contribution in [0, 0.1) is 17.0 Å². The maximum absolute atomic E-state index is 10.8. The highest BCUT2D eigenvalue weighted by Gasteiger charge is 2.15. The standard InChI is InChI=1S/C10H8BrN2O2/c1-2-8-4-6-3-7(11)5-9(13(14)15)10(6)12-8/h3-5,12H,1-2H2. The first kappa shape index (κ1) is 10.2. The van der Waals surface area contributed by atoms with Crippen molar-refractivity contribution in [2.45, 2.75) is 6.42 Å². The normalized spacial score (nSPS) is 10.8. The molecular formula is C10H8BrN2O2. The molecule has 77 valence electrons. The monoisotopic (exact) mass is 267 g/mol. The lowest BCUT2D eigenvalue weighted by Gasteiger charge is -1.95. The number of aromatic nitrogens is 1. The number of H-pyrrole nitrogens is 1. The van der Waals surface area contributed by atoms with Crippen molar-refractivity contribution in [1.29, 1.82) is 0 Å². The molecule has 5 heteroatoms. The number of non-ortho nitro benzene ring substituents is 1. The second kappa shape index (κ2) is 3.66. The molecule has 0 aliphatic carbocycles. The first-order chi connectivity index (χ1) is 7.11. The van der Waals surface area contributed by atoms with E-state index in [-0.39, 0.29) is 5.69 Å². The Labute approximate surface area is 94.6 Å². The zero-order chi connectivity index (χ0) is 11.0. The molecule has 0 fully saturated rings. The summed E-state index contributed by atoms with van der Waals surface area (Å²) in [6.45, 7) is 3.74. The van der Waals surface area contributed by atoms with E-state index in [1.807, 2.05) is 12.1 Å². The van der Waals surface area contributed by atoms with E-state index >= 15 is 0 Å². The number of halogens is 1.